The summed E-state index contributed by atoms with van der Waals surface area (Å²) in [6.45, 7) is 2.54. The monoisotopic (exact) mass is 423 g/mol. The molecule has 3 heterocycles. The molecule has 1 saturated heterocycles. The van der Waals surface area contributed by atoms with Crippen molar-refractivity contribution in [2.24, 2.45) is 0 Å². The van der Waals surface area contributed by atoms with Gasteiger partial charge in [0.25, 0.3) is 0 Å². The molecule has 6 heteroatoms. The number of carbonyl (C=O) groups excluding carboxylic acids is 1. The largest absolute Gasteiger partial charge is 0.336 e. The second-order valence-corrected chi connectivity index (χ2v) is 9.92. The lowest BCUT2D eigenvalue weighted by Gasteiger charge is -2.43. The number of piperidine rings is 1. The first kappa shape index (κ1) is 20.9. The van der Waals surface area contributed by atoms with Crippen molar-refractivity contribution in [1.82, 2.24) is 24.4 Å². The Labute approximate surface area is 186 Å². The van der Waals surface area contributed by atoms with Gasteiger partial charge in [0.15, 0.2) is 5.65 Å². The molecule has 0 spiro atoms. The summed E-state index contributed by atoms with van der Waals surface area (Å²) in [5.74, 6) is 1.90. The number of hydrogen-bond donors (Lipinski definition) is 0. The minimum Gasteiger partial charge on any atom is -0.336 e. The SMILES string of the molecule is O=C(CN1CCC(c2nnc3ccccn23)CC1)N(C1CCCCC1)C1CCCCC1. The van der Waals surface area contributed by atoms with Gasteiger partial charge in [-0.3, -0.25) is 14.1 Å². The highest BCUT2D eigenvalue weighted by molar-refractivity contribution is 5.79. The van der Waals surface area contributed by atoms with Crippen LogP contribution in [0.1, 0.15) is 88.8 Å². The van der Waals surface area contributed by atoms with Crippen LogP contribution in [0.25, 0.3) is 5.65 Å². The highest BCUT2D eigenvalue weighted by Gasteiger charge is 2.34. The maximum atomic E-state index is 13.6. The molecule has 2 aromatic rings. The van der Waals surface area contributed by atoms with Gasteiger partial charge in [-0.1, -0.05) is 44.6 Å². The van der Waals surface area contributed by atoms with E-state index in [0.29, 0.717) is 30.5 Å². The van der Waals surface area contributed by atoms with Crippen molar-refractivity contribution in [3.8, 4) is 0 Å². The molecule has 2 aromatic heterocycles. The zero-order valence-corrected chi connectivity index (χ0v) is 18.8. The molecule has 2 saturated carbocycles. The Morgan fingerprint density at radius 2 is 1.52 bits per heavy atom. The van der Waals surface area contributed by atoms with E-state index < -0.39 is 0 Å². The molecular weight excluding hydrogens is 386 g/mol. The minimum absolute atomic E-state index is 0.394. The van der Waals surface area contributed by atoms with Crippen molar-refractivity contribution in [1.29, 1.82) is 0 Å². The molecule has 0 N–H and O–H groups in total. The maximum Gasteiger partial charge on any atom is 0.237 e. The number of carbonyl (C=O) groups is 1. The molecule has 0 bridgehead atoms. The molecule has 3 aliphatic rings. The van der Waals surface area contributed by atoms with E-state index in [9.17, 15) is 4.79 Å². The van der Waals surface area contributed by atoms with E-state index in [4.69, 9.17) is 0 Å². The molecule has 0 aromatic carbocycles. The third-order valence-corrected chi connectivity index (χ3v) is 7.88. The molecule has 31 heavy (non-hydrogen) atoms. The molecule has 1 amide bonds. The van der Waals surface area contributed by atoms with Crippen LogP contribution in [0, 0.1) is 0 Å². The zero-order chi connectivity index (χ0) is 21.0. The number of nitrogens with zero attached hydrogens (tertiary/aromatic N) is 5. The molecule has 0 radical (unpaired) electrons. The summed E-state index contributed by atoms with van der Waals surface area (Å²) in [7, 11) is 0. The van der Waals surface area contributed by atoms with Gasteiger partial charge in [0.2, 0.25) is 5.91 Å². The third kappa shape index (κ3) is 4.64. The van der Waals surface area contributed by atoms with Gasteiger partial charge in [-0.2, -0.15) is 0 Å². The minimum atomic E-state index is 0.394. The Kier molecular flexibility index (Phi) is 6.53. The number of fused-ring (bicyclic) bond motifs is 1. The summed E-state index contributed by atoms with van der Waals surface area (Å²) in [4.78, 5) is 18.3. The Morgan fingerprint density at radius 1 is 0.871 bits per heavy atom. The molecule has 5 rings (SSSR count). The van der Waals surface area contributed by atoms with E-state index in [0.717, 1.165) is 37.4 Å². The van der Waals surface area contributed by atoms with E-state index in [2.05, 4.69) is 30.6 Å². The van der Waals surface area contributed by atoms with E-state index >= 15 is 0 Å². The Morgan fingerprint density at radius 3 is 2.16 bits per heavy atom. The molecule has 168 valence electrons. The van der Waals surface area contributed by atoms with Crippen LogP contribution in [0.15, 0.2) is 24.4 Å². The molecule has 1 aliphatic heterocycles. The predicted octanol–water partition coefficient (Wildman–Crippen LogP) is 4.40. The lowest BCUT2D eigenvalue weighted by Crippen LogP contribution is -2.52. The van der Waals surface area contributed by atoms with Gasteiger partial charge in [0, 0.05) is 24.2 Å². The highest BCUT2D eigenvalue weighted by atomic mass is 16.2. The van der Waals surface area contributed by atoms with Crippen molar-refractivity contribution in [2.75, 3.05) is 19.6 Å². The van der Waals surface area contributed by atoms with Gasteiger partial charge in [-0.25, -0.2) is 0 Å². The standard InChI is InChI=1S/C25H37N5O/c31-24(30(21-9-3-1-4-10-21)22-11-5-2-6-12-22)19-28-17-14-20(15-18-28)25-27-26-23-13-7-8-16-29(23)25/h7-8,13,16,20-22H,1-6,9-12,14-15,17-19H2. The number of likely N-dealkylation sites (tertiary alicyclic amines) is 1. The predicted molar refractivity (Wildman–Crippen MR) is 122 cm³/mol. The second kappa shape index (κ2) is 9.68. The van der Waals surface area contributed by atoms with Crippen LogP contribution >= 0.6 is 0 Å². The van der Waals surface area contributed by atoms with Crippen molar-refractivity contribution in [3.05, 3.63) is 30.2 Å². The fourth-order valence-electron chi connectivity index (χ4n) is 6.18. The van der Waals surface area contributed by atoms with Gasteiger partial charge in [-0.15, -0.1) is 10.2 Å². The summed E-state index contributed by atoms with van der Waals surface area (Å²) < 4.78 is 2.12. The van der Waals surface area contributed by atoms with E-state index in [-0.39, 0.29) is 0 Å². The number of amides is 1. The van der Waals surface area contributed by atoms with Crippen LogP contribution in [0.5, 0.6) is 0 Å². The van der Waals surface area contributed by atoms with E-state index in [1.807, 2.05) is 18.2 Å². The third-order valence-electron chi connectivity index (χ3n) is 7.88. The van der Waals surface area contributed by atoms with Crippen molar-refractivity contribution in [3.63, 3.8) is 0 Å². The van der Waals surface area contributed by atoms with Crippen molar-refractivity contribution < 1.29 is 4.79 Å². The molecule has 0 atom stereocenters. The fourth-order valence-corrected chi connectivity index (χ4v) is 6.18. The average Bonchev–Trinajstić information content (AvgIpc) is 3.25. The van der Waals surface area contributed by atoms with Gasteiger partial charge >= 0.3 is 0 Å². The maximum absolute atomic E-state index is 13.6. The number of aromatic nitrogens is 3. The highest BCUT2D eigenvalue weighted by Crippen LogP contribution is 2.31. The molecular formula is C25H37N5O. The first-order valence-electron chi connectivity index (χ1n) is 12.6. The quantitative estimate of drug-likeness (QED) is 0.715. The molecule has 6 nitrogen and oxygen atoms in total. The van der Waals surface area contributed by atoms with E-state index in [1.165, 1.54) is 64.2 Å². The van der Waals surface area contributed by atoms with Crippen LogP contribution in [-0.4, -0.2) is 62.0 Å². The lowest BCUT2D eigenvalue weighted by atomic mass is 9.88. The number of hydrogen-bond acceptors (Lipinski definition) is 4. The summed E-state index contributed by atoms with van der Waals surface area (Å²) in [6.07, 6.45) is 16.9. The summed E-state index contributed by atoms with van der Waals surface area (Å²) in [5.41, 5.74) is 0.922. The fraction of sp³-hybridized carbons (Fsp3) is 0.720. The van der Waals surface area contributed by atoms with Crippen LogP contribution in [0.4, 0.5) is 0 Å². The van der Waals surface area contributed by atoms with Gasteiger partial charge in [0.05, 0.1) is 6.54 Å². The van der Waals surface area contributed by atoms with Crippen molar-refractivity contribution >= 4 is 11.6 Å². The molecule has 3 fully saturated rings. The van der Waals surface area contributed by atoms with E-state index in [1.54, 1.807) is 0 Å². The Hall–Kier alpha value is -1.95. The number of rotatable bonds is 5. The lowest BCUT2D eigenvalue weighted by molar-refractivity contribution is -0.139. The average molecular weight is 424 g/mol. The normalized spacial score (nSPS) is 22.7. The number of pyridine rings is 1. The van der Waals surface area contributed by atoms with Gasteiger partial charge < -0.3 is 4.90 Å². The molecule has 2 aliphatic carbocycles. The van der Waals surface area contributed by atoms with Crippen LogP contribution in [0.2, 0.25) is 0 Å². The summed E-state index contributed by atoms with van der Waals surface area (Å²) in [6, 6.07) is 7.04. The summed E-state index contributed by atoms with van der Waals surface area (Å²) in [5, 5.41) is 8.80. The first-order valence-corrected chi connectivity index (χ1v) is 12.6. The van der Waals surface area contributed by atoms with Crippen LogP contribution < -0.4 is 0 Å². The van der Waals surface area contributed by atoms with Crippen LogP contribution in [0.3, 0.4) is 0 Å². The van der Waals surface area contributed by atoms with Crippen molar-refractivity contribution in [2.45, 2.75) is 95.1 Å². The van der Waals surface area contributed by atoms with Gasteiger partial charge in [0.1, 0.15) is 5.82 Å². The smallest absolute Gasteiger partial charge is 0.237 e. The second-order valence-electron chi connectivity index (χ2n) is 9.92. The topological polar surface area (TPSA) is 53.7 Å². The summed E-state index contributed by atoms with van der Waals surface area (Å²) >= 11 is 0. The zero-order valence-electron chi connectivity index (χ0n) is 18.8. The van der Waals surface area contributed by atoms with Crippen LogP contribution in [-0.2, 0) is 4.79 Å². The Bertz CT molecular complexity index is 842. The Balaban J connectivity index is 1.21. The molecule has 0 unspecified atom stereocenters. The first-order chi connectivity index (χ1) is 15.3. The van der Waals surface area contributed by atoms with Gasteiger partial charge in [-0.05, 0) is 63.7 Å².